The highest BCUT2D eigenvalue weighted by Gasteiger charge is 2.02. The molecule has 0 aromatic rings. The van der Waals surface area contributed by atoms with Crippen molar-refractivity contribution < 1.29 is 17.9 Å². The molecule has 0 unspecified atom stereocenters. The average molecular weight is 189 g/mol. The smallest absolute Gasteiger partial charge is 0.256 e. The molecular formula is C4H9ClO4S. The standard InChI is InChI=1S/C4H9ClO4S/c1-8-2-3-9-4-10(5,6)7/h2-4H2,1H3. The highest BCUT2D eigenvalue weighted by molar-refractivity contribution is 8.13. The lowest BCUT2D eigenvalue weighted by Gasteiger charge is -1.98. The Labute approximate surface area is 64.5 Å². The SMILES string of the molecule is COCCOCS(=O)(=O)Cl. The lowest BCUT2D eigenvalue weighted by Crippen LogP contribution is -2.07. The van der Waals surface area contributed by atoms with E-state index in [2.05, 4.69) is 9.47 Å². The zero-order chi connectivity index (χ0) is 8.04. The Kier molecular flexibility index (Phi) is 4.98. The zero-order valence-electron chi connectivity index (χ0n) is 5.54. The van der Waals surface area contributed by atoms with Crippen LogP contribution in [0.4, 0.5) is 0 Å². The molecule has 4 nitrogen and oxygen atoms in total. The predicted molar refractivity (Wildman–Crippen MR) is 37.5 cm³/mol. The van der Waals surface area contributed by atoms with E-state index in [4.69, 9.17) is 10.7 Å². The lowest BCUT2D eigenvalue weighted by molar-refractivity contribution is 0.0934. The molecule has 0 aromatic heterocycles. The van der Waals surface area contributed by atoms with Crippen molar-refractivity contribution in [1.82, 2.24) is 0 Å². The summed E-state index contributed by atoms with van der Waals surface area (Å²) in [6, 6.07) is 0. The van der Waals surface area contributed by atoms with Gasteiger partial charge in [-0.25, -0.2) is 8.42 Å². The molecule has 0 aliphatic rings. The quantitative estimate of drug-likeness (QED) is 0.456. The maximum absolute atomic E-state index is 10.2. The summed E-state index contributed by atoms with van der Waals surface area (Å²) in [6.07, 6.45) is 0. The molecule has 0 heterocycles. The van der Waals surface area contributed by atoms with E-state index in [0.29, 0.717) is 6.61 Å². The molecule has 0 N–H and O–H groups in total. The van der Waals surface area contributed by atoms with Crippen LogP contribution in [-0.4, -0.2) is 34.7 Å². The van der Waals surface area contributed by atoms with Crippen molar-refractivity contribution in [2.75, 3.05) is 26.3 Å². The van der Waals surface area contributed by atoms with Crippen LogP contribution >= 0.6 is 10.7 Å². The number of hydrogen-bond acceptors (Lipinski definition) is 4. The fourth-order valence-corrected chi connectivity index (χ4v) is 0.807. The predicted octanol–water partition coefficient (Wildman–Crippen LogP) is 0.175. The van der Waals surface area contributed by atoms with E-state index in [0.717, 1.165) is 0 Å². The molecule has 0 radical (unpaired) electrons. The maximum Gasteiger partial charge on any atom is 0.256 e. The largest absolute Gasteiger partial charge is 0.382 e. The molecule has 0 fully saturated rings. The summed E-state index contributed by atoms with van der Waals surface area (Å²) in [5.41, 5.74) is 0. The molecule has 0 saturated heterocycles. The Hall–Kier alpha value is 0.160. The number of rotatable bonds is 5. The van der Waals surface area contributed by atoms with E-state index in [-0.39, 0.29) is 6.61 Å². The molecule has 0 atom stereocenters. The van der Waals surface area contributed by atoms with E-state index in [1.807, 2.05) is 0 Å². The van der Waals surface area contributed by atoms with Gasteiger partial charge in [0, 0.05) is 17.8 Å². The topological polar surface area (TPSA) is 52.6 Å². The number of hydrogen-bond donors (Lipinski definition) is 0. The van der Waals surface area contributed by atoms with Gasteiger partial charge in [-0.3, -0.25) is 0 Å². The zero-order valence-corrected chi connectivity index (χ0v) is 7.11. The monoisotopic (exact) mass is 188 g/mol. The highest BCUT2D eigenvalue weighted by atomic mass is 35.7. The van der Waals surface area contributed by atoms with Crippen molar-refractivity contribution >= 4 is 19.7 Å². The Balaban J connectivity index is 3.21. The van der Waals surface area contributed by atoms with Gasteiger partial charge in [-0.15, -0.1) is 0 Å². The normalized spacial score (nSPS) is 11.8. The van der Waals surface area contributed by atoms with E-state index < -0.39 is 15.0 Å². The van der Waals surface area contributed by atoms with Gasteiger partial charge in [-0.2, -0.15) is 0 Å². The second-order valence-electron chi connectivity index (χ2n) is 1.56. The Morgan fingerprint density at radius 3 is 2.40 bits per heavy atom. The molecule has 0 rings (SSSR count). The third-order valence-corrected chi connectivity index (χ3v) is 1.37. The maximum atomic E-state index is 10.2. The third-order valence-electron chi connectivity index (χ3n) is 0.656. The minimum absolute atomic E-state index is 0.239. The van der Waals surface area contributed by atoms with Crippen LogP contribution in [0.5, 0.6) is 0 Å². The summed E-state index contributed by atoms with van der Waals surface area (Å²) < 4.78 is 29.6. The molecule has 10 heavy (non-hydrogen) atoms. The fraction of sp³-hybridized carbons (Fsp3) is 1.00. The Bertz CT molecular complexity index is 164. The summed E-state index contributed by atoms with van der Waals surface area (Å²) in [5.74, 6) is -0.460. The van der Waals surface area contributed by atoms with Crippen LogP contribution in [0, 0.1) is 0 Å². The molecule has 6 heteroatoms. The molecule has 0 bridgehead atoms. The average Bonchev–Trinajstić information content (AvgIpc) is 1.78. The van der Waals surface area contributed by atoms with Crippen LogP contribution in [0.15, 0.2) is 0 Å². The van der Waals surface area contributed by atoms with Crippen molar-refractivity contribution in [1.29, 1.82) is 0 Å². The minimum Gasteiger partial charge on any atom is -0.382 e. The van der Waals surface area contributed by atoms with E-state index in [1.165, 1.54) is 7.11 Å². The second-order valence-corrected chi connectivity index (χ2v) is 4.28. The van der Waals surface area contributed by atoms with Crippen molar-refractivity contribution in [2.45, 2.75) is 0 Å². The van der Waals surface area contributed by atoms with Gasteiger partial charge in [-0.05, 0) is 0 Å². The molecule has 0 aliphatic carbocycles. The van der Waals surface area contributed by atoms with Gasteiger partial charge in [0.2, 0.25) is 0 Å². The number of ether oxygens (including phenoxy) is 2. The molecule has 0 amide bonds. The first kappa shape index (κ1) is 10.2. The van der Waals surface area contributed by atoms with Gasteiger partial charge in [0.15, 0.2) is 5.94 Å². The van der Waals surface area contributed by atoms with Gasteiger partial charge in [0.05, 0.1) is 13.2 Å². The highest BCUT2D eigenvalue weighted by Crippen LogP contribution is 1.95. The second kappa shape index (κ2) is 4.90. The molecule has 0 saturated carbocycles. The van der Waals surface area contributed by atoms with Gasteiger partial charge >= 0.3 is 0 Å². The van der Waals surface area contributed by atoms with Gasteiger partial charge in [0.1, 0.15) is 0 Å². The Morgan fingerprint density at radius 2 is 2.00 bits per heavy atom. The van der Waals surface area contributed by atoms with E-state index in [1.54, 1.807) is 0 Å². The molecular weight excluding hydrogens is 180 g/mol. The summed E-state index contributed by atoms with van der Waals surface area (Å²) in [4.78, 5) is 0. The van der Waals surface area contributed by atoms with E-state index in [9.17, 15) is 8.42 Å². The van der Waals surface area contributed by atoms with Crippen LogP contribution in [0.3, 0.4) is 0 Å². The van der Waals surface area contributed by atoms with Crippen LogP contribution < -0.4 is 0 Å². The molecule has 0 spiro atoms. The van der Waals surface area contributed by atoms with Crippen LogP contribution in [-0.2, 0) is 18.5 Å². The van der Waals surface area contributed by atoms with Gasteiger partial charge < -0.3 is 9.47 Å². The van der Waals surface area contributed by atoms with Gasteiger partial charge in [0.25, 0.3) is 9.05 Å². The third kappa shape index (κ3) is 8.16. The summed E-state index contributed by atoms with van der Waals surface area (Å²) in [6.45, 7) is 0.606. The Morgan fingerprint density at radius 1 is 1.40 bits per heavy atom. The van der Waals surface area contributed by atoms with Crippen molar-refractivity contribution in [3.05, 3.63) is 0 Å². The molecule has 62 valence electrons. The van der Waals surface area contributed by atoms with Crippen molar-refractivity contribution in [2.24, 2.45) is 0 Å². The summed E-state index contributed by atoms with van der Waals surface area (Å²) >= 11 is 0. The summed E-state index contributed by atoms with van der Waals surface area (Å²) in [5, 5.41) is 0. The first-order valence-corrected chi connectivity index (χ1v) is 5.03. The van der Waals surface area contributed by atoms with Crippen molar-refractivity contribution in [3.63, 3.8) is 0 Å². The lowest BCUT2D eigenvalue weighted by atomic mass is 10.8. The number of methoxy groups -OCH3 is 1. The first-order chi connectivity index (χ1) is 4.56. The fourth-order valence-electron chi connectivity index (χ4n) is 0.301. The van der Waals surface area contributed by atoms with Crippen LogP contribution in [0.25, 0.3) is 0 Å². The summed E-state index contributed by atoms with van der Waals surface area (Å²) in [7, 11) is 2.81. The van der Waals surface area contributed by atoms with Crippen LogP contribution in [0.2, 0.25) is 0 Å². The van der Waals surface area contributed by atoms with E-state index >= 15 is 0 Å². The minimum atomic E-state index is -3.51. The van der Waals surface area contributed by atoms with Gasteiger partial charge in [-0.1, -0.05) is 0 Å². The number of halogens is 1. The van der Waals surface area contributed by atoms with Crippen molar-refractivity contribution in [3.8, 4) is 0 Å². The first-order valence-electron chi connectivity index (χ1n) is 2.55. The molecule has 0 aliphatic heterocycles. The molecule has 0 aromatic carbocycles. The van der Waals surface area contributed by atoms with Crippen LogP contribution in [0.1, 0.15) is 0 Å².